The van der Waals surface area contributed by atoms with Crippen LogP contribution in [0, 0.1) is 0 Å². The minimum absolute atomic E-state index is 1.12. The van der Waals surface area contributed by atoms with Crippen LogP contribution in [0.1, 0.15) is 82.6 Å². The standard InChI is InChI=1S/C23H39Br2N/c24-18-12-5-1-3-7-14-20-26(22-23-16-10-9-11-17-23)21-15-8-4-2-6-13-19-25/h9-11,16-17H,1-8,12-15,18-22H2. The van der Waals surface area contributed by atoms with Gasteiger partial charge in [-0.1, -0.05) is 114 Å². The quantitative estimate of drug-likeness (QED) is 0.149. The summed E-state index contributed by atoms with van der Waals surface area (Å²) in [5.41, 5.74) is 1.46. The second-order valence-electron chi connectivity index (χ2n) is 7.38. The molecule has 26 heavy (non-hydrogen) atoms. The van der Waals surface area contributed by atoms with E-state index < -0.39 is 0 Å². The van der Waals surface area contributed by atoms with E-state index >= 15 is 0 Å². The Morgan fingerprint density at radius 3 is 1.42 bits per heavy atom. The molecule has 0 radical (unpaired) electrons. The van der Waals surface area contributed by atoms with Crippen molar-refractivity contribution in [2.24, 2.45) is 0 Å². The van der Waals surface area contributed by atoms with Crippen molar-refractivity contribution in [2.45, 2.75) is 83.6 Å². The molecule has 0 heterocycles. The van der Waals surface area contributed by atoms with E-state index in [9.17, 15) is 0 Å². The molecule has 1 rings (SSSR count). The molecule has 150 valence electrons. The Hall–Kier alpha value is 0.140. The molecule has 1 aromatic rings. The van der Waals surface area contributed by atoms with Crippen molar-refractivity contribution >= 4 is 31.9 Å². The predicted molar refractivity (Wildman–Crippen MR) is 125 cm³/mol. The molecule has 0 unspecified atom stereocenters. The average molecular weight is 489 g/mol. The molecule has 3 heteroatoms. The van der Waals surface area contributed by atoms with Gasteiger partial charge in [-0.2, -0.15) is 0 Å². The van der Waals surface area contributed by atoms with E-state index in [1.54, 1.807) is 0 Å². The second-order valence-corrected chi connectivity index (χ2v) is 8.97. The number of rotatable bonds is 18. The van der Waals surface area contributed by atoms with E-state index in [1.807, 2.05) is 0 Å². The molecule has 1 aromatic carbocycles. The Kier molecular flexibility index (Phi) is 17.2. The third-order valence-electron chi connectivity index (χ3n) is 4.96. The summed E-state index contributed by atoms with van der Waals surface area (Å²) in [6.07, 6.45) is 16.5. The normalized spacial score (nSPS) is 11.3. The molecule has 0 bridgehead atoms. The van der Waals surface area contributed by atoms with Gasteiger partial charge in [-0.25, -0.2) is 0 Å². The van der Waals surface area contributed by atoms with E-state index in [4.69, 9.17) is 0 Å². The smallest absolute Gasteiger partial charge is 0.0233 e. The third-order valence-corrected chi connectivity index (χ3v) is 6.09. The van der Waals surface area contributed by atoms with Crippen molar-refractivity contribution in [2.75, 3.05) is 23.7 Å². The predicted octanol–water partition coefficient (Wildman–Crippen LogP) is 7.96. The highest BCUT2D eigenvalue weighted by Gasteiger charge is 2.06. The van der Waals surface area contributed by atoms with Gasteiger partial charge in [-0.3, -0.25) is 4.90 Å². The van der Waals surface area contributed by atoms with Crippen LogP contribution in [-0.4, -0.2) is 28.6 Å². The number of hydrogen-bond acceptors (Lipinski definition) is 1. The zero-order chi connectivity index (χ0) is 18.7. The highest BCUT2D eigenvalue weighted by atomic mass is 79.9. The van der Waals surface area contributed by atoms with Crippen molar-refractivity contribution < 1.29 is 0 Å². The molecule has 0 aliphatic rings. The van der Waals surface area contributed by atoms with Gasteiger partial charge in [0.05, 0.1) is 0 Å². The van der Waals surface area contributed by atoms with E-state index in [0.717, 1.165) is 17.2 Å². The monoisotopic (exact) mass is 487 g/mol. The van der Waals surface area contributed by atoms with Crippen LogP contribution in [0.3, 0.4) is 0 Å². The Bertz CT molecular complexity index is 378. The summed E-state index contributed by atoms with van der Waals surface area (Å²) < 4.78 is 0. The number of alkyl halides is 2. The summed E-state index contributed by atoms with van der Waals surface area (Å²) in [6, 6.07) is 11.0. The lowest BCUT2D eigenvalue weighted by Crippen LogP contribution is -2.25. The molecule has 0 aliphatic carbocycles. The summed E-state index contributed by atoms with van der Waals surface area (Å²) in [7, 11) is 0. The van der Waals surface area contributed by atoms with Crippen LogP contribution in [0.5, 0.6) is 0 Å². The topological polar surface area (TPSA) is 3.24 Å². The summed E-state index contributed by atoms with van der Waals surface area (Å²) in [4.78, 5) is 2.69. The number of nitrogens with zero attached hydrogens (tertiary/aromatic N) is 1. The van der Waals surface area contributed by atoms with Crippen molar-refractivity contribution in [1.82, 2.24) is 4.90 Å². The van der Waals surface area contributed by atoms with E-state index in [-0.39, 0.29) is 0 Å². The summed E-state index contributed by atoms with van der Waals surface area (Å²) in [6.45, 7) is 3.64. The number of unbranched alkanes of at least 4 members (excludes halogenated alkanes) is 10. The van der Waals surface area contributed by atoms with Crippen LogP contribution in [0.2, 0.25) is 0 Å². The molecule has 0 spiro atoms. The number of hydrogen-bond donors (Lipinski definition) is 0. The average Bonchev–Trinajstić information content (AvgIpc) is 2.67. The van der Waals surface area contributed by atoms with E-state index in [1.165, 1.54) is 95.7 Å². The van der Waals surface area contributed by atoms with Crippen molar-refractivity contribution in [3.63, 3.8) is 0 Å². The molecule has 0 atom stereocenters. The largest absolute Gasteiger partial charge is 0.299 e. The second kappa shape index (κ2) is 18.5. The maximum absolute atomic E-state index is 3.52. The Balaban J connectivity index is 2.21. The van der Waals surface area contributed by atoms with Gasteiger partial charge in [0.1, 0.15) is 0 Å². The van der Waals surface area contributed by atoms with E-state index in [0.29, 0.717) is 0 Å². The van der Waals surface area contributed by atoms with Gasteiger partial charge in [0.15, 0.2) is 0 Å². The molecule has 0 aromatic heterocycles. The first-order chi connectivity index (χ1) is 12.9. The van der Waals surface area contributed by atoms with Gasteiger partial charge in [0, 0.05) is 17.2 Å². The summed E-state index contributed by atoms with van der Waals surface area (Å²) >= 11 is 7.04. The van der Waals surface area contributed by atoms with Gasteiger partial charge in [-0.15, -0.1) is 0 Å². The SMILES string of the molecule is BrCCCCCCCCN(CCCCCCCCBr)Cc1ccccc1. The zero-order valence-electron chi connectivity index (χ0n) is 16.6. The molecule has 1 nitrogen and oxygen atoms in total. The summed E-state index contributed by atoms with van der Waals surface area (Å²) in [5.74, 6) is 0. The highest BCUT2D eigenvalue weighted by molar-refractivity contribution is 9.09. The van der Waals surface area contributed by atoms with Crippen molar-refractivity contribution in [3.8, 4) is 0 Å². The highest BCUT2D eigenvalue weighted by Crippen LogP contribution is 2.12. The van der Waals surface area contributed by atoms with Crippen LogP contribution < -0.4 is 0 Å². The fourth-order valence-electron chi connectivity index (χ4n) is 3.39. The first kappa shape index (κ1) is 24.2. The first-order valence-electron chi connectivity index (χ1n) is 10.7. The van der Waals surface area contributed by atoms with Crippen molar-refractivity contribution in [1.29, 1.82) is 0 Å². The van der Waals surface area contributed by atoms with Gasteiger partial charge in [-0.05, 0) is 44.3 Å². The van der Waals surface area contributed by atoms with Crippen LogP contribution in [-0.2, 0) is 6.54 Å². The third kappa shape index (κ3) is 14.2. The van der Waals surface area contributed by atoms with Crippen LogP contribution in [0.15, 0.2) is 30.3 Å². The fourth-order valence-corrected chi connectivity index (χ4v) is 4.18. The van der Waals surface area contributed by atoms with Gasteiger partial charge in [0.2, 0.25) is 0 Å². The lowest BCUT2D eigenvalue weighted by atomic mass is 10.1. The number of halogens is 2. The lowest BCUT2D eigenvalue weighted by molar-refractivity contribution is 0.252. The van der Waals surface area contributed by atoms with Gasteiger partial charge < -0.3 is 0 Å². The first-order valence-corrected chi connectivity index (χ1v) is 13.0. The maximum Gasteiger partial charge on any atom is 0.0233 e. The van der Waals surface area contributed by atoms with Crippen LogP contribution in [0.25, 0.3) is 0 Å². The van der Waals surface area contributed by atoms with Crippen LogP contribution >= 0.6 is 31.9 Å². The van der Waals surface area contributed by atoms with Crippen molar-refractivity contribution in [3.05, 3.63) is 35.9 Å². The molecule has 0 N–H and O–H groups in total. The zero-order valence-corrected chi connectivity index (χ0v) is 19.8. The van der Waals surface area contributed by atoms with E-state index in [2.05, 4.69) is 67.1 Å². The van der Waals surface area contributed by atoms with Gasteiger partial charge >= 0.3 is 0 Å². The number of benzene rings is 1. The van der Waals surface area contributed by atoms with Gasteiger partial charge in [0.25, 0.3) is 0 Å². The summed E-state index contributed by atoms with van der Waals surface area (Å²) in [5, 5.41) is 2.32. The maximum atomic E-state index is 3.52. The molecular formula is C23H39Br2N. The molecule has 0 saturated heterocycles. The lowest BCUT2D eigenvalue weighted by Gasteiger charge is -2.22. The van der Waals surface area contributed by atoms with Crippen LogP contribution in [0.4, 0.5) is 0 Å². The minimum atomic E-state index is 1.12. The molecule has 0 fully saturated rings. The Labute approximate surface area is 179 Å². The molecular weight excluding hydrogens is 450 g/mol. The fraction of sp³-hybridized carbons (Fsp3) is 0.739. The molecule has 0 saturated carbocycles. The Morgan fingerprint density at radius 2 is 0.962 bits per heavy atom. The molecule has 0 aliphatic heterocycles. The minimum Gasteiger partial charge on any atom is -0.299 e. The Morgan fingerprint density at radius 1 is 0.538 bits per heavy atom. The molecule has 0 amide bonds.